The molecule has 93 heavy (non-hydrogen) atoms. The van der Waals surface area contributed by atoms with Crippen molar-refractivity contribution >= 4 is 19.8 Å². The molecule has 0 saturated carbocycles. The molecule has 0 aromatic carbocycles. The molecule has 0 heterocycles. The molecule has 68 nitrogen and oxygen atoms in total. The minimum atomic E-state index is 0. The summed E-state index contributed by atoms with van der Waals surface area (Å²) in [6, 6.07) is 0. The fourth-order valence-corrected chi connectivity index (χ4v) is 0. The maximum absolute atomic E-state index is 0. The summed E-state index contributed by atoms with van der Waals surface area (Å²) in [5.41, 5.74) is 0. The first-order chi connectivity index (χ1) is 0. The Balaban J connectivity index is 0. The predicted molar refractivity (Wildman–Crippen MR) is 311 cm³/mol. The first-order valence-electron chi connectivity index (χ1n) is 0. The van der Waals surface area contributed by atoms with E-state index in [-0.39, 0.29) is 814 Å². The van der Waals surface area contributed by atoms with Crippen molar-refractivity contribution in [3.05, 3.63) is 0 Å². The summed E-state index contributed by atoms with van der Waals surface area (Å²) in [6.45, 7) is 0. The molecule has 2 atom stereocenters. The van der Waals surface area contributed by atoms with E-state index in [1.54, 1.807) is 0 Å². The zero-order valence-electron chi connectivity index (χ0n) is 44.3. The van der Waals surface area contributed by atoms with E-state index >= 15 is 0 Å². The minimum Gasteiger partial charge on any atom is -0.412 e. The van der Waals surface area contributed by atoms with Crippen LogP contribution in [0.4, 0.5) is 0 Å². The van der Waals surface area contributed by atoms with Crippen molar-refractivity contribution in [3.8, 4) is 0 Å². The van der Waals surface area contributed by atoms with E-state index in [0.29, 0.717) is 0 Å². The summed E-state index contributed by atoms with van der Waals surface area (Å²) in [4.78, 5) is 0. The third-order valence-corrected chi connectivity index (χ3v) is 0. The van der Waals surface area contributed by atoms with Gasteiger partial charge in [-0.15, -0.1) is 0 Å². The van der Waals surface area contributed by atoms with E-state index in [2.05, 4.69) is 0 Å². The molecule has 0 fully saturated rings. The Morgan fingerprint density at radius 2 is 0.0645 bits per heavy atom. The molecular weight excluding hydrogens is 4370 g/mol. The van der Waals surface area contributed by atoms with Gasteiger partial charge in [0.2, 0.25) is 0 Å². The molecule has 0 radical (unpaired) electrons. The zero-order valence-corrected chi connectivity index (χ0v) is 98.6. The molecule has 0 amide bonds. The molecule has 0 aliphatic rings. The third kappa shape index (κ3) is 9310. The van der Waals surface area contributed by atoms with Crippen molar-refractivity contribution in [2.24, 2.45) is 0 Å². The Kier molecular flexibility index (Phi) is 998000. The van der Waals surface area contributed by atoms with E-state index in [1.807, 2.05) is 0 Å². The SMILES string of the molecule is C.C.C.C.C.N.N.N.N.N.N.N.O.O.O.O.O.O.O.O.O.O.O.O.O.O.O.O.O.O.O.O.O.O.O.O.O.O.O.O.O.O.O.O.O.O.O.O.O.O.O.O.O.O.O.O.O.O.O.O.O.O.O.O.O.O.O.O.O.O.O.O.O.P.P.[Ti].[W].[W].[W].[W].[W].[W].[W].[W].[W].[W].[W].[W].[W].[W].[W].[W].[W]. The van der Waals surface area contributed by atoms with Crippen molar-refractivity contribution in [3.63, 3.8) is 0 Å². The van der Waals surface area contributed by atoms with Crippen LogP contribution in [-0.4, -0.2) is 334 Å². The molecule has 0 aromatic heterocycles. The van der Waals surface area contributed by atoms with Crippen LogP contribution in [0.3, 0.4) is 0 Å². The molecular formula is C5H169N7O61P2TiW17. The number of hydrogen-bond donors (Lipinski definition) is 7. The molecule has 88 heteroatoms. The van der Waals surface area contributed by atoms with Crippen LogP contribution >= 0.6 is 19.8 Å². The molecule has 0 aliphatic carbocycles. The van der Waals surface area contributed by atoms with Gasteiger partial charge in [0.15, 0.2) is 0 Å². The van der Waals surface area contributed by atoms with Crippen LogP contribution < -0.4 is 43.1 Å². The maximum Gasteiger partial charge on any atom is 0 e. The third-order valence-electron chi connectivity index (χ3n) is 0. The molecule has 706 valence electrons. The van der Waals surface area contributed by atoms with Crippen LogP contribution in [0.2, 0.25) is 0 Å². The van der Waals surface area contributed by atoms with Gasteiger partial charge in [-0.25, -0.2) is 0 Å². The van der Waals surface area contributed by atoms with Gasteiger partial charge in [-0.2, -0.15) is 19.8 Å². The fraction of sp³-hybridized carbons (Fsp3) is 1.00. The summed E-state index contributed by atoms with van der Waals surface area (Å²) in [5, 5.41) is 0. The molecule has 0 aromatic rings. The van der Waals surface area contributed by atoms with E-state index in [4.69, 9.17) is 0 Å². The quantitative estimate of drug-likeness (QED) is 0.0907. The van der Waals surface area contributed by atoms with Gasteiger partial charge >= 0.3 is 0 Å². The van der Waals surface area contributed by atoms with Gasteiger partial charge in [0, 0.05) is 380 Å². The topological polar surface area (TPSA) is 2170 Å². The summed E-state index contributed by atoms with van der Waals surface area (Å²) in [5.74, 6) is 0. The summed E-state index contributed by atoms with van der Waals surface area (Å²) < 4.78 is 0. The van der Waals surface area contributed by atoms with Gasteiger partial charge in [-0.3, -0.25) is 0 Å². The first-order valence-corrected chi connectivity index (χ1v) is 0. The second-order valence-corrected chi connectivity index (χ2v) is 0. The largest absolute Gasteiger partial charge is 0.412 e. The Labute approximate surface area is 803 Å². The van der Waals surface area contributed by atoms with E-state index in [1.165, 1.54) is 0 Å². The van der Waals surface area contributed by atoms with Crippen molar-refractivity contribution in [1.82, 2.24) is 43.1 Å². The molecule has 0 aliphatic heterocycles. The maximum atomic E-state index is 0. The Hall–Kier alpha value is 10.6. The zero-order chi connectivity index (χ0) is 0. The smallest absolute Gasteiger partial charge is 0 e. The van der Waals surface area contributed by atoms with Gasteiger partial charge in [0.1, 0.15) is 0 Å². The minimum absolute atomic E-state index is 0. The van der Waals surface area contributed by atoms with Crippen molar-refractivity contribution in [2.45, 2.75) is 37.1 Å². The fourth-order valence-electron chi connectivity index (χ4n) is 0. The Morgan fingerprint density at radius 3 is 0.0645 bits per heavy atom. The average molecular weight is 4540 g/mol. The standard InChI is InChI=1S/5CH4.7H3N.61H2O.2H3P.Ti.17W/h5*1H4;7*1H3;61*1H2;2*1H3;;;;;;;;;;;;;;;;;;. The van der Waals surface area contributed by atoms with Gasteiger partial charge in [-0.1, -0.05) is 37.1 Å². The molecule has 0 saturated heterocycles. The molecule has 0 rings (SSSR count). The number of rotatable bonds is 0. The Bertz CT molecular complexity index is 144. The molecule has 0 bridgehead atoms. The van der Waals surface area contributed by atoms with Gasteiger partial charge in [0.25, 0.3) is 0 Å². The van der Waals surface area contributed by atoms with E-state index in [9.17, 15) is 0 Å². The van der Waals surface area contributed by atoms with Crippen molar-refractivity contribution < 1.29 is 714 Å². The van der Waals surface area contributed by atoms with Crippen LogP contribution in [0, 0.1) is 0 Å². The summed E-state index contributed by atoms with van der Waals surface area (Å²) in [6.07, 6.45) is 0. The summed E-state index contributed by atoms with van der Waals surface area (Å²) in [7, 11) is 0. The van der Waals surface area contributed by atoms with Crippen LogP contribution in [-0.2, 0) is 380 Å². The van der Waals surface area contributed by atoms with Crippen LogP contribution in [0.1, 0.15) is 37.1 Å². The predicted octanol–water partition coefficient (Wildman–Crippen LogP) is -45.9. The molecule has 143 N–H and O–H groups in total. The van der Waals surface area contributed by atoms with Crippen molar-refractivity contribution in [2.75, 3.05) is 0 Å². The van der Waals surface area contributed by atoms with E-state index in [0.717, 1.165) is 0 Å². The average Bonchev–Trinajstić information content (AvgIpc) is 0. The number of hydrogen-bond acceptors (Lipinski definition) is 7. The Morgan fingerprint density at radius 1 is 0.0645 bits per heavy atom. The van der Waals surface area contributed by atoms with Gasteiger partial charge in [-0.05, 0) is 0 Å². The molecule has 2 unspecified atom stereocenters. The monoisotopic (exact) mass is 4540 g/mol. The van der Waals surface area contributed by atoms with Crippen LogP contribution in [0.5, 0.6) is 0 Å². The normalized spacial score (nSPS) is 0. The first kappa shape index (κ1) is 9780. The van der Waals surface area contributed by atoms with Crippen LogP contribution in [0.15, 0.2) is 0 Å². The van der Waals surface area contributed by atoms with Gasteiger partial charge in [0.05, 0.1) is 0 Å². The van der Waals surface area contributed by atoms with E-state index < -0.39 is 0 Å². The second-order valence-electron chi connectivity index (χ2n) is 0. The summed E-state index contributed by atoms with van der Waals surface area (Å²) >= 11 is 0. The molecule has 0 spiro atoms. The second kappa shape index (κ2) is 9490. The van der Waals surface area contributed by atoms with Crippen molar-refractivity contribution in [1.29, 1.82) is 0 Å². The van der Waals surface area contributed by atoms with Crippen LogP contribution in [0.25, 0.3) is 0 Å². The van der Waals surface area contributed by atoms with Gasteiger partial charge < -0.3 is 377 Å².